The van der Waals surface area contributed by atoms with Gasteiger partial charge in [0.2, 0.25) is 0 Å². The van der Waals surface area contributed by atoms with Crippen molar-refractivity contribution in [2.24, 2.45) is 0 Å². The van der Waals surface area contributed by atoms with E-state index in [0.717, 1.165) is 0 Å². The molecule has 0 N–H and O–H groups in total. The lowest BCUT2D eigenvalue weighted by molar-refractivity contribution is 0.0171. The zero-order valence-electron chi connectivity index (χ0n) is 13.5. The molecule has 124 valence electrons. The van der Waals surface area contributed by atoms with E-state index < -0.39 is 23.1 Å². The van der Waals surface area contributed by atoms with Gasteiger partial charge in [-0.15, -0.1) is 0 Å². The number of fused-ring (bicyclic) bond motifs is 1. The summed E-state index contributed by atoms with van der Waals surface area (Å²) >= 11 is 0. The molecule has 2 aliphatic rings. The molecule has 1 saturated heterocycles. The fraction of sp³-hybridized carbons (Fsp3) is 0.529. The molecule has 0 aliphatic carbocycles. The van der Waals surface area contributed by atoms with E-state index in [4.69, 9.17) is 9.47 Å². The zero-order chi connectivity index (χ0) is 16.8. The average molecular weight is 321 g/mol. The van der Waals surface area contributed by atoms with E-state index in [-0.39, 0.29) is 17.8 Å². The molecule has 2 heterocycles. The van der Waals surface area contributed by atoms with E-state index >= 15 is 0 Å². The predicted molar refractivity (Wildman–Crippen MR) is 81.1 cm³/mol. The lowest BCUT2D eigenvalue weighted by atomic mass is 9.89. The number of hydrogen-bond donors (Lipinski definition) is 0. The van der Waals surface area contributed by atoms with E-state index in [0.29, 0.717) is 25.3 Å². The lowest BCUT2D eigenvalue weighted by Crippen LogP contribution is -2.46. The molecule has 5 nitrogen and oxygen atoms in total. The standard InChI is InChI=1S/C17H20FNO4/c1-16(2,3)23-15(21)19-7-6-17(10-19)9-13(20)12-8-11(18)4-5-14(12)22-17/h4-5,8H,6-7,9-10H2,1-3H3/t17-/m1/s1. The SMILES string of the molecule is CC(C)(C)OC(=O)N1CC[C@@]2(CC(=O)c3cc(F)ccc3O2)C1. The Balaban J connectivity index is 1.77. The molecule has 0 unspecified atom stereocenters. The third-order valence-electron chi connectivity index (χ3n) is 4.02. The van der Waals surface area contributed by atoms with Gasteiger partial charge in [0.25, 0.3) is 0 Å². The highest BCUT2D eigenvalue weighted by atomic mass is 19.1. The van der Waals surface area contributed by atoms with Gasteiger partial charge < -0.3 is 14.4 Å². The van der Waals surface area contributed by atoms with E-state index in [9.17, 15) is 14.0 Å². The van der Waals surface area contributed by atoms with Crippen LogP contribution in [0.25, 0.3) is 0 Å². The molecule has 0 bridgehead atoms. The maximum atomic E-state index is 13.3. The molecule has 0 radical (unpaired) electrons. The number of Topliss-reactive ketones (excluding diaryl/α,β-unsaturated/α-hetero) is 1. The average Bonchev–Trinajstić information content (AvgIpc) is 2.82. The summed E-state index contributed by atoms with van der Waals surface area (Å²) in [5.74, 6) is -0.232. The monoisotopic (exact) mass is 321 g/mol. The lowest BCUT2D eigenvalue weighted by Gasteiger charge is -2.34. The molecular weight excluding hydrogens is 301 g/mol. The fourth-order valence-electron chi connectivity index (χ4n) is 3.02. The quantitative estimate of drug-likeness (QED) is 0.736. The molecule has 1 atom stereocenters. The number of ether oxygens (including phenoxy) is 2. The van der Waals surface area contributed by atoms with Crippen molar-refractivity contribution < 1.29 is 23.5 Å². The van der Waals surface area contributed by atoms with E-state index in [1.807, 2.05) is 20.8 Å². The van der Waals surface area contributed by atoms with E-state index in [1.165, 1.54) is 18.2 Å². The van der Waals surface area contributed by atoms with Crippen molar-refractivity contribution >= 4 is 11.9 Å². The smallest absolute Gasteiger partial charge is 0.410 e. The minimum atomic E-state index is -0.737. The van der Waals surface area contributed by atoms with Crippen LogP contribution < -0.4 is 4.74 Å². The Labute approximate surface area is 134 Å². The van der Waals surface area contributed by atoms with Crippen LogP contribution in [0.5, 0.6) is 5.75 Å². The number of carbonyl (C=O) groups excluding carboxylic acids is 2. The molecule has 6 heteroatoms. The van der Waals surface area contributed by atoms with Gasteiger partial charge in [0.05, 0.1) is 18.5 Å². The minimum Gasteiger partial charge on any atom is -0.484 e. The van der Waals surface area contributed by atoms with Crippen LogP contribution in [0.3, 0.4) is 0 Å². The normalized spacial score (nSPS) is 23.7. The first kappa shape index (κ1) is 15.8. The molecule has 1 aromatic carbocycles. The summed E-state index contributed by atoms with van der Waals surface area (Å²) in [6.07, 6.45) is 0.285. The van der Waals surface area contributed by atoms with Crippen LogP contribution in [-0.2, 0) is 4.74 Å². The van der Waals surface area contributed by atoms with Gasteiger partial charge in [-0.05, 0) is 39.0 Å². The van der Waals surface area contributed by atoms with Crippen molar-refractivity contribution in [3.05, 3.63) is 29.6 Å². The highest BCUT2D eigenvalue weighted by molar-refractivity contribution is 6.00. The first-order valence-corrected chi connectivity index (χ1v) is 7.67. The summed E-state index contributed by atoms with van der Waals surface area (Å²) in [5, 5.41) is 0. The maximum absolute atomic E-state index is 13.3. The highest BCUT2D eigenvalue weighted by Gasteiger charge is 2.47. The molecule has 2 aliphatic heterocycles. The number of rotatable bonds is 0. The molecular formula is C17H20FNO4. The predicted octanol–water partition coefficient (Wildman–Crippen LogP) is 3.17. The fourth-order valence-corrected chi connectivity index (χ4v) is 3.02. The van der Waals surface area contributed by atoms with Gasteiger partial charge in [0.15, 0.2) is 5.78 Å². The Hall–Kier alpha value is -2.11. The van der Waals surface area contributed by atoms with Gasteiger partial charge in [0.1, 0.15) is 22.8 Å². The van der Waals surface area contributed by atoms with Gasteiger partial charge in [-0.3, -0.25) is 4.79 Å². The van der Waals surface area contributed by atoms with Gasteiger partial charge in [-0.1, -0.05) is 0 Å². The van der Waals surface area contributed by atoms with Crippen molar-refractivity contribution in [2.45, 2.75) is 44.8 Å². The first-order chi connectivity index (χ1) is 10.7. The summed E-state index contributed by atoms with van der Waals surface area (Å²) in [4.78, 5) is 26.1. The maximum Gasteiger partial charge on any atom is 0.410 e. The number of carbonyl (C=O) groups is 2. The van der Waals surface area contributed by atoms with Gasteiger partial charge in [-0.25, -0.2) is 9.18 Å². The van der Waals surface area contributed by atoms with Crippen molar-refractivity contribution in [1.29, 1.82) is 0 Å². The number of halogens is 1. The molecule has 0 aromatic heterocycles. The summed E-state index contributed by atoms with van der Waals surface area (Å²) in [6, 6.07) is 3.94. The second-order valence-electron chi connectivity index (χ2n) is 7.18. The molecule has 0 saturated carbocycles. The molecule has 1 fully saturated rings. The second kappa shape index (κ2) is 5.22. The summed E-state index contributed by atoms with van der Waals surface area (Å²) < 4.78 is 24.6. The largest absolute Gasteiger partial charge is 0.484 e. The van der Waals surface area contributed by atoms with Crippen molar-refractivity contribution in [3.8, 4) is 5.75 Å². The number of amides is 1. The van der Waals surface area contributed by atoms with Gasteiger partial charge >= 0.3 is 6.09 Å². The van der Waals surface area contributed by atoms with Crippen LogP contribution >= 0.6 is 0 Å². The van der Waals surface area contributed by atoms with Crippen LogP contribution in [0.15, 0.2) is 18.2 Å². The van der Waals surface area contributed by atoms with Crippen molar-refractivity contribution in [3.63, 3.8) is 0 Å². The third-order valence-corrected chi connectivity index (χ3v) is 4.02. The number of nitrogens with zero attached hydrogens (tertiary/aromatic N) is 1. The molecule has 3 rings (SSSR count). The molecule has 1 aromatic rings. The summed E-state index contributed by atoms with van der Waals surface area (Å²) in [6.45, 7) is 6.19. The Morgan fingerprint density at radius 3 is 2.83 bits per heavy atom. The number of hydrogen-bond acceptors (Lipinski definition) is 4. The van der Waals surface area contributed by atoms with Crippen LogP contribution in [0, 0.1) is 5.82 Å². The van der Waals surface area contributed by atoms with Gasteiger partial charge in [-0.2, -0.15) is 0 Å². The van der Waals surface area contributed by atoms with E-state index in [1.54, 1.807) is 4.90 Å². The van der Waals surface area contributed by atoms with Crippen LogP contribution in [0.2, 0.25) is 0 Å². The Kier molecular flexibility index (Phi) is 3.58. The topological polar surface area (TPSA) is 55.8 Å². The van der Waals surface area contributed by atoms with E-state index in [2.05, 4.69) is 0 Å². The molecule has 1 spiro atoms. The highest BCUT2D eigenvalue weighted by Crippen LogP contribution is 2.39. The summed E-state index contributed by atoms with van der Waals surface area (Å²) in [7, 11) is 0. The zero-order valence-corrected chi connectivity index (χ0v) is 13.5. The van der Waals surface area contributed by atoms with Gasteiger partial charge in [0, 0.05) is 13.0 Å². The van der Waals surface area contributed by atoms with Crippen molar-refractivity contribution in [1.82, 2.24) is 4.90 Å². The van der Waals surface area contributed by atoms with Crippen molar-refractivity contribution in [2.75, 3.05) is 13.1 Å². The number of benzene rings is 1. The Morgan fingerprint density at radius 2 is 2.13 bits per heavy atom. The molecule has 23 heavy (non-hydrogen) atoms. The van der Waals surface area contributed by atoms with Crippen LogP contribution in [0.1, 0.15) is 44.0 Å². The second-order valence-corrected chi connectivity index (χ2v) is 7.18. The minimum absolute atomic E-state index is 0.142. The van der Waals surface area contributed by atoms with Crippen LogP contribution in [0.4, 0.5) is 9.18 Å². The third kappa shape index (κ3) is 3.16. The molecule has 1 amide bonds. The number of likely N-dealkylation sites (tertiary alicyclic amines) is 1. The van der Waals surface area contributed by atoms with Crippen LogP contribution in [-0.4, -0.2) is 41.1 Å². The Morgan fingerprint density at radius 1 is 1.39 bits per heavy atom. The Bertz CT molecular complexity index is 667. The summed E-state index contributed by atoms with van der Waals surface area (Å²) in [5.41, 5.74) is -1.04. The number of ketones is 1. The first-order valence-electron chi connectivity index (χ1n) is 7.67.